The molecule has 0 amide bonds. The summed E-state index contributed by atoms with van der Waals surface area (Å²) in [5.74, 6) is -1.15. The molecule has 10 nitrogen and oxygen atoms in total. The number of aromatic nitrogens is 6. The molecule has 12 heteroatoms. The standard InChI is InChI=1S/C37H40N6O4S2/c1-22(2)24-16-18-30(28-14-9-7-12-26(24)28)43-33(39-41-35(43)48-36(4,5)31(44)45)47-32(46)37(19-10-20-37)49-34-40-38-21-42(34)29-17-15-23(3)25-11-6-8-13-27(25)29/h7,9,12,14-18,21-22H,6,8,10-11,13,19-20H2,1-5H3,(H,44,45). The van der Waals surface area contributed by atoms with Crippen molar-refractivity contribution in [2.75, 3.05) is 0 Å². The monoisotopic (exact) mass is 696 g/mol. The molecule has 0 atom stereocenters. The van der Waals surface area contributed by atoms with Crippen LogP contribution in [-0.2, 0) is 22.4 Å². The number of carbonyl (C=O) groups excluding carboxylic acids is 1. The minimum atomic E-state index is -1.22. The molecule has 1 saturated carbocycles. The van der Waals surface area contributed by atoms with Gasteiger partial charge in [0.25, 0.3) is 0 Å². The highest BCUT2D eigenvalue weighted by molar-refractivity contribution is 8.01. The maximum Gasteiger partial charge on any atom is 0.330 e. The first-order valence-electron chi connectivity index (χ1n) is 16.8. The molecule has 5 aromatic rings. The van der Waals surface area contributed by atoms with Crippen molar-refractivity contribution in [2.45, 2.75) is 105 Å². The van der Waals surface area contributed by atoms with Gasteiger partial charge in [-0.15, -0.1) is 15.3 Å². The van der Waals surface area contributed by atoms with Crippen molar-refractivity contribution in [3.05, 3.63) is 77.1 Å². The lowest BCUT2D eigenvalue weighted by Crippen LogP contribution is -2.45. The number of thioether (sulfide) groups is 2. The fourth-order valence-corrected chi connectivity index (χ4v) is 8.97. The van der Waals surface area contributed by atoms with Crippen molar-refractivity contribution in [1.82, 2.24) is 29.5 Å². The molecular weight excluding hydrogens is 657 g/mol. The molecule has 7 rings (SSSR count). The van der Waals surface area contributed by atoms with Gasteiger partial charge < -0.3 is 9.84 Å². The zero-order chi connectivity index (χ0) is 34.5. The Morgan fingerprint density at radius 3 is 2.31 bits per heavy atom. The van der Waals surface area contributed by atoms with Gasteiger partial charge in [0.15, 0.2) is 10.3 Å². The Morgan fingerprint density at radius 2 is 1.61 bits per heavy atom. The van der Waals surface area contributed by atoms with E-state index in [1.165, 1.54) is 40.4 Å². The first-order chi connectivity index (χ1) is 23.5. The lowest BCUT2D eigenvalue weighted by molar-refractivity contribution is -0.140. The van der Waals surface area contributed by atoms with Crippen molar-refractivity contribution in [2.24, 2.45) is 0 Å². The molecule has 1 N–H and O–H groups in total. The van der Waals surface area contributed by atoms with Crippen LogP contribution < -0.4 is 4.74 Å². The van der Waals surface area contributed by atoms with Gasteiger partial charge in [-0.2, -0.15) is 0 Å². The summed E-state index contributed by atoms with van der Waals surface area (Å²) in [6, 6.07) is 16.4. The van der Waals surface area contributed by atoms with Crippen LogP contribution in [0, 0.1) is 6.92 Å². The van der Waals surface area contributed by atoms with E-state index in [2.05, 4.69) is 65.4 Å². The minimum Gasteiger partial charge on any atom is -0.480 e. The molecule has 0 spiro atoms. The second-order valence-corrected chi connectivity index (χ2v) is 16.7. The Labute approximate surface area is 294 Å². The van der Waals surface area contributed by atoms with Gasteiger partial charge in [-0.05, 0) is 111 Å². The van der Waals surface area contributed by atoms with Crippen LogP contribution in [0.4, 0.5) is 0 Å². The molecule has 1 fully saturated rings. The summed E-state index contributed by atoms with van der Waals surface area (Å²) in [5, 5.41) is 30.4. The maximum atomic E-state index is 14.3. The van der Waals surface area contributed by atoms with E-state index >= 15 is 0 Å². The lowest BCUT2D eigenvalue weighted by atomic mass is 9.84. The molecule has 0 saturated heterocycles. The molecule has 0 aliphatic heterocycles. The van der Waals surface area contributed by atoms with Crippen LogP contribution >= 0.6 is 23.5 Å². The van der Waals surface area contributed by atoms with Crippen LogP contribution in [0.15, 0.2) is 65.2 Å². The Kier molecular flexibility index (Phi) is 8.81. The number of benzene rings is 3. The van der Waals surface area contributed by atoms with Crippen LogP contribution in [-0.4, -0.2) is 56.1 Å². The molecule has 0 bridgehead atoms. The largest absolute Gasteiger partial charge is 0.480 e. The zero-order valence-electron chi connectivity index (χ0n) is 28.4. The normalized spacial score (nSPS) is 15.6. The fourth-order valence-electron chi connectivity index (χ4n) is 6.78. The van der Waals surface area contributed by atoms with E-state index in [4.69, 9.17) is 4.74 Å². The number of carboxylic acids is 1. The minimum absolute atomic E-state index is 0.00270. The van der Waals surface area contributed by atoms with Crippen molar-refractivity contribution < 1.29 is 19.4 Å². The molecule has 254 valence electrons. The number of aliphatic carboxylic acids is 1. The Balaban J connectivity index is 1.26. The summed E-state index contributed by atoms with van der Waals surface area (Å²) in [6.45, 7) is 9.70. The van der Waals surface area contributed by atoms with Crippen LogP contribution in [0.2, 0.25) is 0 Å². The van der Waals surface area contributed by atoms with Gasteiger partial charge >= 0.3 is 17.9 Å². The highest BCUT2D eigenvalue weighted by Crippen LogP contribution is 2.49. The second-order valence-electron chi connectivity index (χ2n) is 13.8. The third kappa shape index (κ3) is 6.03. The summed E-state index contributed by atoms with van der Waals surface area (Å²) in [4.78, 5) is 26.4. The van der Waals surface area contributed by atoms with Gasteiger partial charge in [-0.3, -0.25) is 14.2 Å². The average molecular weight is 697 g/mol. The average Bonchev–Trinajstić information content (AvgIpc) is 3.68. The summed E-state index contributed by atoms with van der Waals surface area (Å²) in [7, 11) is 0. The van der Waals surface area contributed by atoms with Gasteiger partial charge in [-0.1, -0.05) is 78.9 Å². The van der Waals surface area contributed by atoms with Crippen LogP contribution in [0.25, 0.3) is 22.1 Å². The number of ether oxygens (including phenoxy) is 1. The Hall–Kier alpha value is -4.16. The van der Waals surface area contributed by atoms with Crippen LogP contribution in [0.1, 0.15) is 88.0 Å². The van der Waals surface area contributed by atoms with E-state index in [9.17, 15) is 14.7 Å². The third-order valence-corrected chi connectivity index (χ3v) is 12.3. The Bertz CT molecular complexity index is 2080. The van der Waals surface area contributed by atoms with Crippen LogP contribution in [0.3, 0.4) is 0 Å². The highest BCUT2D eigenvalue weighted by atomic mass is 32.2. The molecule has 2 heterocycles. The van der Waals surface area contributed by atoms with Gasteiger partial charge in [0.1, 0.15) is 15.8 Å². The maximum absolute atomic E-state index is 14.3. The highest BCUT2D eigenvalue weighted by Gasteiger charge is 2.49. The SMILES string of the molecule is Cc1ccc(-n2cnnc2SC2(C(=O)Oc3nnc(SC(C)(C)C(=O)O)n3-c3ccc(C(C)C)c4ccccc34)CCC2)c2c1CCCC2. The van der Waals surface area contributed by atoms with E-state index in [-0.39, 0.29) is 11.9 Å². The van der Waals surface area contributed by atoms with E-state index in [0.717, 1.165) is 53.9 Å². The Morgan fingerprint density at radius 1 is 0.898 bits per heavy atom. The van der Waals surface area contributed by atoms with Gasteiger partial charge in [0, 0.05) is 5.39 Å². The van der Waals surface area contributed by atoms with E-state index in [0.29, 0.717) is 28.8 Å². The summed E-state index contributed by atoms with van der Waals surface area (Å²) in [6.07, 6.45) is 8.23. The predicted octanol–water partition coefficient (Wildman–Crippen LogP) is 7.89. The molecule has 0 unspecified atom stereocenters. The molecule has 2 aliphatic carbocycles. The molecule has 0 radical (unpaired) electrons. The number of carboxylic acid groups (broad SMARTS) is 1. The quantitative estimate of drug-likeness (QED) is 0.114. The third-order valence-electron chi connectivity index (χ3n) is 9.79. The molecular formula is C37H40N6O4S2. The summed E-state index contributed by atoms with van der Waals surface area (Å²) >= 11 is 2.45. The number of carbonyl (C=O) groups is 2. The molecule has 3 aromatic carbocycles. The second kappa shape index (κ2) is 12.9. The number of rotatable bonds is 10. The number of hydrogen-bond donors (Lipinski definition) is 1. The molecule has 2 aromatic heterocycles. The summed E-state index contributed by atoms with van der Waals surface area (Å²) < 4.78 is 7.79. The first-order valence-corrected chi connectivity index (χ1v) is 18.5. The van der Waals surface area contributed by atoms with Crippen molar-refractivity contribution in [3.63, 3.8) is 0 Å². The van der Waals surface area contributed by atoms with Crippen molar-refractivity contribution in [3.8, 4) is 17.4 Å². The van der Waals surface area contributed by atoms with Gasteiger partial charge in [0.2, 0.25) is 0 Å². The molecule has 49 heavy (non-hydrogen) atoms. The van der Waals surface area contributed by atoms with Gasteiger partial charge in [-0.25, -0.2) is 4.57 Å². The van der Waals surface area contributed by atoms with E-state index in [1.54, 1.807) is 24.7 Å². The van der Waals surface area contributed by atoms with E-state index in [1.807, 2.05) is 28.8 Å². The number of aryl methyl sites for hydroxylation is 1. The predicted molar refractivity (Wildman–Crippen MR) is 191 cm³/mol. The number of nitrogens with zero attached hydrogens (tertiary/aromatic N) is 6. The van der Waals surface area contributed by atoms with Crippen molar-refractivity contribution >= 4 is 46.2 Å². The lowest BCUT2D eigenvalue weighted by Gasteiger charge is -2.37. The fraction of sp³-hybridized carbons (Fsp3) is 0.405. The first kappa shape index (κ1) is 33.3. The topological polar surface area (TPSA) is 125 Å². The smallest absolute Gasteiger partial charge is 0.330 e. The summed E-state index contributed by atoms with van der Waals surface area (Å²) in [5.41, 5.74) is 6.98. The molecule has 2 aliphatic rings. The van der Waals surface area contributed by atoms with Crippen molar-refractivity contribution in [1.29, 1.82) is 0 Å². The van der Waals surface area contributed by atoms with E-state index < -0.39 is 21.4 Å². The zero-order valence-corrected chi connectivity index (χ0v) is 30.0. The number of hydrogen-bond acceptors (Lipinski definition) is 9. The number of esters is 1. The van der Waals surface area contributed by atoms with Gasteiger partial charge in [0.05, 0.1) is 11.4 Å². The number of fused-ring (bicyclic) bond motifs is 2. The van der Waals surface area contributed by atoms with Crippen LogP contribution in [0.5, 0.6) is 6.01 Å².